The van der Waals surface area contributed by atoms with E-state index in [2.05, 4.69) is 4.74 Å². The summed E-state index contributed by atoms with van der Waals surface area (Å²) in [7, 11) is 1.11. The molecule has 0 bridgehead atoms. The van der Waals surface area contributed by atoms with Crippen molar-refractivity contribution in [3.63, 3.8) is 0 Å². The van der Waals surface area contributed by atoms with E-state index in [0.29, 0.717) is 0 Å². The van der Waals surface area contributed by atoms with E-state index in [9.17, 15) is 13.6 Å². The van der Waals surface area contributed by atoms with E-state index >= 15 is 0 Å². The first-order valence-corrected chi connectivity index (χ1v) is 4.74. The maximum Gasteiger partial charge on any atom is 0.322 e. The zero-order chi connectivity index (χ0) is 12.2. The molecule has 16 heavy (non-hydrogen) atoms. The number of alkyl halides is 2. The maximum atomic E-state index is 13.6. The monoisotopic (exact) mass is 229 g/mol. The second kappa shape index (κ2) is 5.03. The number of ether oxygens (including phenoxy) is 1. The van der Waals surface area contributed by atoms with Crippen molar-refractivity contribution in [2.45, 2.75) is 18.4 Å². The zero-order valence-corrected chi connectivity index (χ0v) is 8.82. The summed E-state index contributed by atoms with van der Waals surface area (Å²) in [6.07, 6.45) is -0.760. The van der Waals surface area contributed by atoms with Gasteiger partial charge in [-0.2, -0.15) is 0 Å². The molecule has 0 aliphatic rings. The van der Waals surface area contributed by atoms with E-state index in [-0.39, 0.29) is 5.56 Å². The number of carbonyl (C=O) groups is 1. The predicted molar refractivity (Wildman–Crippen MR) is 54.9 cm³/mol. The summed E-state index contributed by atoms with van der Waals surface area (Å²) in [5.74, 6) is -3.97. The number of halogens is 2. The zero-order valence-electron chi connectivity index (χ0n) is 8.82. The second-order valence-corrected chi connectivity index (χ2v) is 3.40. The summed E-state index contributed by atoms with van der Waals surface area (Å²) in [6, 6.07) is 5.92. The molecule has 0 radical (unpaired) electrons. The third-order valence-electron chi connectivity index (χ3n) is 2.18. The van der Waals surface area contributed by atoms with Gasteiger partial charge < -0.3 is 10.5 Å². The lowest BCUT2D eigenvalue weighted by Crippen LogP contribution is -2.36. The summed E-state index contributed by atoms with van der Waals surface area (Å²) in [5.41, 5.74) is 5.14. The number of carbonyl (C=O) groups excluding carboxylic acids is 1. The molecule has 3 nitrogen and oxygen atoms in total. The number of methoxy groups -OCH3 is 1. The van der Waals surface area contributed by atoms with Gasteiger partial charge in [-0.05, 0) is 0 Å². The van der Waals surface area contributed by atoms with E-state index in [1.54, 1.807) is 6.07 Å². The van der Waals surface area contributed by atoms with Crippen molar-refractivity contribution >= 4 is 5.97 Å². The minimum atomic E-state index is -3.13. The maximum absolute atomic E-state index is 13.6. The van der Waals surface area contributed by atoms with Crippen LogP contribution in [0.2, 0.25) is 0 Å². The molecule has 2 N–H and O–H groups in total. The Morgan fingerprint density at radius 2 is 2.00 bits per heavy atom. The average molecular weight is 229 g/mol. The van der Waals surface area contributed by atoms with Gasteiger partial charge >= 0.3 is 5.97 Å². The Morgan fingerprint density at radius 1 is 1.44 bits per heavy atom. The molecule has 0 saturated heterocycles. The molecule has 0 spiro atoms. The molecule has 5 heteroatoms. The molecule has 1 rings (SSSR count). The van der Waals surface area contributed by atoms with Crippen molar-refractivity contribution in [3.8, 4) is 0 Å². The average Bonchev–Trinajstić information content (AvgIpc) is 2.28. The number of hydrogen-bond acceptors (Lipinski definition) is 3. The Kier molecular flexibility index (Phi) is 3.95. The minimum Gasteiger partial charge on any atom is -0.468 e. The van der Waals surface area contributed by atoms with E-state index in [0.717, 1.165) is 7.11 Å². The smallest absolute Gasteiger partial charge is 0.322 e. The molecule has 1 aromatic rings. The summed E-state index contributed by atoms with van der Waals surface area (Å²) in [4.78, 5) is 10.9. The Bertz CT molecular complexity index is 354. The van der Waals surface area contributed by atoms with Crippen LogP contribution in [-0.4, -0.2) is 19.1 Å². The van der Waals surface area contributed by atoms with E-state index in [1.807, 2.05) is 0 Å². The molecule has 0 aliphatic carbocycles. The van der Waals surface area contributed by atoms with Gasteiger partial charge in [-0.3, -0.25) is 4.79 Å². The van der Waals surface area contributed by atoms with Crippen LogP contribution in [0.3, 0.4) is 0 Å². The molecule has 0 fully saturated rings. The van der Waals surface area contributed by atoms with Gasteiger partial charge in [0.25, 0.3) is 5.92 Å². The number of esters is 1. The van der Waals surface area contributed by atoms with Crippen LogP contribution in [0.15, 0.2) is 30.3 Å². The molecule has 0 saturated carbocycles. The van der Waals surface area contributed by atoms with Crippen molar-refractivity contribution in [2.24, 2.45) is 5.73 Å². The van der Waals surface area contributed by atoms with Gasteiger partial charge in [-0.1, -0.05) is 30.3 Å². The fourth-order valence-electron chi connectivity index (χ4n) is 1.31. The fraction of sp³-hybridized carbons (Fsp3) is 0.364. The highest BCUT2D eigenvalue weighted by Crippen LogP contribution is 2.32. The molecule has 1 aromatic carbocycles. The van der Waals surface area contributed by atoms with Crippen molar-refractivity contribution in [2.75, 3.05) is 7.11 Å². The topological polar surface area (TPSA) is 52.3 Å². The van der Waals surface area contributed by atoms with Crippen LogP contribution < -0.4 is 5.73 Å². The van der Waals surface area contributed by atoms with Crippen LogP contribution in [0, 0.1) is 0 Å². The van der Waals surface area contributed by atoms with Gasteiger partial charge in [0.1, 0.15) is 6.04 Å². The minimum absolute atomic E-state index is 0.158. The lowest BCUT2D eigenvalue weighted by Gasteiger charge is -2.19. The van der Waals surface area contributed by atoms with Crippen LogP contribution in [-0.2, 0) is 15.5 Å². The second-order valence-electron chi connectivity index (χ2n) is 3.40. The van der Waals surface area contributed by atoms with Crippen LogP contribution in [0.4, 0.5) is 8.78 Å². The summed E-state index contributed by atoms with van der Waals surface area (Å²) in [5, 5.41) is 0. The van der Waals surface area contributed by atoms with Crippen LogP contribution in [0.25, 0.3) is 0 Å². The summed E-state index contributed by atoms with van der Waals surface area (Å²) in [6.45, 7) is 0. The fourth-order valence-corrected chi connectivity index (χ4v) is 1.31. The molecular weight excluding hydrogens is 216 g/mol. The molecule has 0 unspecified atom stereocenters. The Morgan fingerprint density at radius 3 is 2.50 bits per heavy atom. The highest BCUT2D eigenvalue weighted by atomic mass is 19.3. The third kappa shape index (κ3) is 3.00. The Labute approximate surface area is 92.2 Å². The first-order valence-electron chi connectivity index (χ1n) is 4.74. The van der Waals surface area contributed by atoms with E-state index < -0.39 is 24.4 Å². The van der Waals surface area contributed by atoms with Crippen molar-refractivity contribution in [1.82, 2.24) is 0 Å². The summed E-state index contributed by atoms with van der Waals surface area (Å²) >= 11 is 0. The van der Waals surface area contributed by atoms with Gasteiger partial charge in [-0.15, -0.1) is 0 Å². The highest BCUT2D eigenvalue weighted by Gasteiger charge is 2.36. The Balaban J connectivity index is 2.76. The number of benzene rings is 1. The molecule has 88 valence electrons. The third-order valence-corrected chi connectivity index (χ3v) is 2.18. The van der Waals surface area contributed by atoms with Gasteiger partial charge in [-0.25, -0.2) is 8.78 Å². The predicted octanol–water partition coefficient (Wildman–Crippen LogP) is 1.67. The first kappa shape index (κ1) is 12.6. The number of rotatable bonds is 4. The quantitative estimate of drug-likeness (QED) is 0.799. The lowest BCUT2D eigenvalue weighted by atomic mass is 10.0. The molecule has 1 atom stereocenters. The Hall–Kier alpha value is -1.49. The number of nitrogens with two attached hydrogens (primary N) is 1. The molecule has 0 heterocycles. The molecule has 0 aromatic heterocycles. The van der Waals surface area contributed by atoms with Crippen molar-refractivity contribution in [1.29, 1.82) is 0 Å². The molecule has 0 amide bonds. The molecular formula is C11H13F2NO2. The molecule has 0 aliphatic heterocycles. The van der Waals surface area contributed by atoms with E-state index in [1.165, 1.54) is 24.3 Å². The van der Waals surface area contributed by atoms with Gasteiger partial charge in [0, 0.05) is 12.0 Å². The lowest BCUT2D eigenvalue weighted by molar-refractivity contribution is -0.145. The summed E-state index contributed by atoms with van der Waals surface area (Å²) < 4.78 is 31.5. The van der Waals surface area contributed by atoms with Gasteiger partial charge in [0.2, 0.25) is 0 Å². The van der Waals surface area contributed by atoms with Crippen LogP contribution >= 0.6 is 0 Å². The van der Waals surface area contributed by atoms with Crippen LogP contribution in [0.1, 0.15) is 12.0 Å². The van der Waals surface area contributed by atoms with Crippen molar-refractivity contribution < 1.29 is 18.3 Å². The SMILES string of the molecule is COC(=O)[C@@H](N)CC(F)(F)c1ccccc1. The normalized spacial score (nSPS) is 13.2. The standard InChI is InChI=1S/C11H13F2NO2/c1-16-10(15)9(14)7-11(12,13)8-5-3-2-4-6-8/h2-6,9H,7,14H2,1H3/t9-/m0/s1. The largest absolute Gasteiger partial charge is 0.468 e. The van der Waals surface area contributed by atoms with Crippen molar-refractivity contribution in [3.05, 3.63) is 35.9 Å². The van der Waals surface area contributed by atoms with Gasteiger partial charge in [0.05, 0.1) is 7.11 Å². The van der Waals surface area contributed by atoms with Gasteiger partial charge in [0.15, 0.2) is 0 Å². The van der Waals surface area contributed by atoms with Crippen LogP contribution in [0.5, 0.6) is 0 Å². The highest BCUT2D eigenvalue weighted by molar-refractivity contribution is 5.75. The van der Waals surface area contributed by atoms with E-state index in [4.69, 9.17) is 5.73 Å². The number of hydrogen-bond donors (Lipinski definition) is 1. The first-order chi connectivity index (χ1) is 7.47.